The molecule has 6 heteroatoms. The molecule has 0 spiro atoms. The largest absolute Gasteiger partial charge is 0.272 e. The number of hydrogen-bond donors (Lipinski definition) is 0. The lowest BCUT2D eigenvalue weighted by Gasteiger charge is -2.14. The first-order valence-electron chi connectivity index (χ1n) is 7.97. The minimum Gasteiger partial charge on any atom is -0.272 e. The van der Waals surface area contributed by atoms with Gasteiger partial charge in [0, 0.05) is 29.9 Å². The molecule has 120 valence electrons. The summed E-state index contributed by atoms with van der Waals surface area (Å²) in [7, 11) is 0. The molecule has 0 aliphatic carbocycles. The van der Waals surface area contributed by atoms with E-state index in [0.29, 0.717) is 0 Å². The molecule has 4 aromatic rings. The lowest BCUT2D eigenvalue weighted by Crippen LogP contribution is -2.13. The molecule has 6 nitrogen and oxygen atoms in total. The summed E-state index contributed by atoms with van der Waals surface area (Å²) in [6.07, 6.45) is 5.56. The molecule has 0 fully saturated rings. The van der Waals surface area contributed by atoms with E-state index in [2.05, 4.69) is 39.2 Å². The van der Waals surface area contributed by atoms with E-state index in [1.165, 1.54) is 0 Å². The molecule has 0 aliphatic rings. The molecule has 0 bridgehead atoms. The van der Waals surface area contributed by atoms with Gasteiger partial charge in [-0.3, -0.25) is 9.67 Å². The average Bonchev–Trinajstić information content (AvgIpc) is 3.23. The van der Waals surface area contributed by atoms with Gasteiger partial charge < -0.3 is 0 Å². The molecule has 24 heavy (non-hydrogen) atoms. The van der Waals surface area contributed by atoms with Crippen LogP contribution in [0.25, 0.3) is 16.6 Å². The Hall–Kier alpha value is -3.02. The second kappa shape index (κ2) is 5.88. The number of aromatic nitrogens is 6. The van der Waals surface area contributed by atoms with E-state index in [0.717, 1.165) is 34.8 Å². The van der Waals surface area contributed by atoms with Crippen LogP contribution in [-0.2, 0) is 6.54 Å². The van der Waals surface area contributed by atoms with Gasteiger partial charge in [0.1, 0.15) is 11.6 Å². The molecule has 0 N–H and O–H groups in total. The Kier molecular flexibility index (Phi) is 3.57. The Balaban J connectivity index is 1.81. The molecular weight excluding hydrogens is 300 g/mol. The zero-order valence-electron chi connectivity index (χ0n) is 13.7. The van der Waals surface area contributed by atoms with Gasteiger partial charge in [-0.1, -0.05) is 25.1 Å². The van der Waals surface area contributed by atoms with Crippen molar-refractivity contribution in [1.29, 1.82) is 0 Å². The van der Waals surface area contributed by atoms with Crippen molar-refractivity contribution in [3.8, 4) is 5.69 Å². The van der Waals surface area contributed by atoms with Crippen LogP contribution in [0.5, 0.6) is 0 Å². The van der Waals surface area contributed by atoms with E-state index >= 15 is 0 Å². The van der Waals surface area contributed by atoms with E-state index in [-0.39, 0.29) is 5.92 Å². The third kappa shape index (κ3) is 2.56. The fourth-order valence-electron chi connectivity index (χ4n) is 2.96. The van der Waals surface area contributed by atoms with E-state index in [4.69, 9.17) is 0 Å². The zero-order chi connectivity index (χ0) is 16.5. The molecule has 4 rings (SSSR count). The fourth-order valence-corrected chi connectivity index (χ4v) is 2.96. The van der Waals surface area contributed by atoms with Crippen molar-refractivity contribution < 1.29 is 0 Å². The number of benzene rings is 1. The molecule has 0 amide bonds. The monoisotopic (exact) mass is 318 g/mol. The summed E-state index contributed by atoms with van der Waals surface area (Å²) in [5, 5.41) is 10.00. The number of pyridine rings is 1. The van der Waals surface area contributed by atoms with Crippen molar-refractivity contribution in [2.24, 2.45) is 0 Å². The maximum Gasteiger partial charge on any atom is 0.148 e. The van der Waals surface area contributed by atoms with Crippen molar-refractivity contribution >= 4 is 10.9 Å². The predicted octanol–water partition coefficient (Wildman–Crippen LogP) is 3.12. The number of para-hydroxylation sites is 1. The first-order valence-corrected chi connectivity index (χ1v) is 7.97. The molecule has 1 aromatic carbocycles. The second-order valence-electron chi connectivity index (χ2n) is 5.91. The van der Waals surface area contributed by atoms with Crippen LogP contribution in [0.4, 0.5) is 0 Å². The molecule has 0 aliphatic heterocycles. The minimum atomic E-state index is 0.171. The van der Waals surface area contributed by atoms with Crippen LogP contribution in [0.1, 0.15) is 24.5 Å². The van der Waals surface area contributed by atoms with Gasteiger partial charge in [-0.2, -0.15) is 10.2 Å². The van der Waals surface area contributed by atoms with Crippen molar-refractivity contribution in [3.05, 3.63) is 66.6 Å². The van der Waals surface area contributed by atoms with Gasteiger partial charge in [-0.05, 0) is 25.1 Å². The summed E-state index contributed by atoms with van der Waals surface area (Å²) < 4.78 is 3.83. The topological polar surface area (TPSA) is 61.4 Å². The smallest absolute Gasteiger partial charge is 0.148 e. The summed E-state index contributed by atoms with van der Waals surface area (Å²) in [6.45, 7) is 4.81. The predicted molar refractivity (Wildman–Crippen MR) is 92.0 cm³/mol. The van der Waals surface area contributed by atoms with Crippen LogP contribution in [0.15, 0.2) is 55.0 Å². The number of fused-ring (bicyclic) bond motifs is 1. The van der Waals surface area contributed by atoms with Gasteiger partial charge >= 0.3 is 0 Å². The molecule has 0 radical (unpaired) electrons. The fraction of sp³-hybridized carbons (Fsp3) is 0.222. The Labute approximate surface area is 139 Å². The zero-order valence-corrected chi connectivity index (χ0v) is 13.7. The normalized spacial score (nSPS) is 12.6. The van der Waals surface area contributed by atoms with Crippen molar-refractivity contribution in [1.82, 2.24) is 29.5 Å². The molecular formula is C18H18N6. The second-order valence-corrected chi connectivity index (χ2v) is 5.91. The van der Waals surface area contributed by atoms with E-state index < -0.39 is 0 Å². The lowest BCUT2D eigenvalue weighted by molar-refractivity contribution is 0.515. The Morgan fingerprint density at radius 3 is 2.79 bits per heavy atom. The molecule has 1 atom stereocenters. The van der Waals surface area contributed by atoms with E-state index in [9.17, 15) is 0 Å². The SMILES string of the molecule is Cc1nc([C@@H](C)Cn2cccn2)n(-c2cccc3cccnc23)n1. The summed E-state index contributed by atoms with van der Waals surface area (Å²) in [4.78, 5) is 9.19. The van der Waals surface area contributed by atoms with Gasteiger partial charge in [0.15, 0.2) is 0 Å². The number of rotatable bonds is 4. The van der Waals surface area contributed by atoms with Crippen LogP contribution in [0, 0.1) is 6.92 Å². The highest BCUT2D eigenvalue weighted by Gasteiger charge is 2.18. The highest BCUT2D eigenvalue weighted by atomic mass is 15.4. The van der Waals surface area contributed by atoms with Crippen molar-refractivity contribution in [2.75, 3.05) is 0 Å². The average molecular weight is 318 g/mol. The van der Waals surface area contributed by atoms with E-state index in [1.807, 2.05) is 52.9 Å². The maximum absolute atomic E-state index is 4.66. The Morgan fingerprint density at radius 1 is 1.08 bits per heavy atom. The molecule has 0 saturated heterocycles. The Bertz CT molecular complexity index is 965. The molecule has 3 heterocycles. The van der Waals surface area contributed by atoms with Crippen molar-refractivity contribution in [3.63, 3.8) is 0 Å². The van der Waals surface area contributed by atoms with Gasteiger partial charge in [-0.15, -0.1) is 0 Å². The highest BCUT2D eigenvalue weighted by molar-refractivity contribution is 5.86. The van der Waals surface area contributed by atoms with Crippen LogP contribution < -0.4 is 0 Å². The number of hydrogen-bond acceptors (Lipinski definition) is 4. The quantitative estimate of drug-likeness (QED) is 0.580. The third-order valence-corrected chi connectivity index (χ3v) is 4.04. The summed E-state index contributed by atoms with van der Waals surface area (Å²) in [5.41, 5.74) is 1.88. The standard InChI is InChI=1S/C18H18N6/c1-13(12-23-11-5-10-20-23)18-21-14(2)22-24(18)16-8-3-6-15-7-4-9-19-17(15)16/h3-11,13H,12H2,1-2H3/t13-/m0/s1. The van der Waals surface area contributed by atoms with Crippen LogP contribution >= 0.6 is 0 Å². The van der Waals surface area contributed by atoms with E-state index in [1.54, 1.807) is 6.20 Å². The highest BCUT2D eigenvalue weighted by Crippen LogP contribution is 2.24. The molecule has 0 saturated carbocycles. The van der Waals surface area contributed by atoms with Crippen molar-refractivity contribution in [2.45, 2.75) is 26.3 Å². The van der Waals surface area contributed by atoms with Crippen LogP contribution in [-0.4, -0.2) is 29.5 Å². The van der Waals surface area contributed by atoms with Crippen LogP contribution in [0.2, 0.25) is 0 Å². The lowest BCUT2D eigenvalue weighted by atomic mass is 10.1. The number of aryl methyl sites for hydroxylation is 1. The summed E-state index contributed by atoms with van der Waals surface area (Å²) in [6, 6.07) is 12.0. The first-order chi connectivity index (χ1) is 11.7. The minimum absolute atomic E-state index is 0.171. The third-order valence-electron chi connectivity index (χ3n) is 4.04. The molecule has 3 aromatic heterocycles. The Morgan fingerprint density at radius 2 is 1.96 bits per heavy atom. The van der Waals surface area contributed by atoms with Gasteiger partial charge in [-0.25, -0.2) is 9.67 Å². The number of nitrogens with zero attached hydrogens (tertiary/aromatic N) is 6. The summed E-state index contributed by atoms with van der Waals surface area (Å²) in [5.74, 6) is 1.84. The van der Waals surface area contributed by atoms with Crippen LogP contribution in [0.3, 0.4) is 0 Å². The molecule has 0 unspecified atom stereocenters. The van der Waals surface area contributed by atoms with Gasteiger partial charge in [0.25, 0.3) is 0 Å². The maximum atomic E-state index is 4.66. The summed E-state index contributed by atoms with van der Waals surface area (Å²) >= 11 is 0. The van der Waals surface area contributed by atoms with Gasteiger partial charge in [0.05, 0.1) is 17.7 Å². The first kappa shape index (κ1) is 14.6. The van der Waals surface area contributed by atoms with Gasteiger partial charge in [0.2, 0.25) is 0 Å².